The number of amides is 1. The fourth-order valence-electron chi connectivity index (χ4n) is 3.77. The van der Waals surface area contributed by atoms with Crippen molar-refractivity contribution in [2.45, 2.75) is 69.9 Å². The maximum absolute atomic E-state index is 12.4. The fraction of sp³-hybridized carbons (Fsp3) is 0.632. The highest BCUT2D eigenvalue weighted by Gasteiger charge is 2.26. The van der Waals surface area contributed by atoms with E-state index in [0.717, 1.165) is 36.8 Å². The van der Waals surface area contributed by atoms with Gasteiger partial charge in [0.05, 0.1) is 19.1 Å². The van der Waals surface area contributed by atoms with E-state index in [1.54, 1.807) is 6.07 Å². The molecular formula is C19H25ClN4O2. The van der Waals surface area contributed by atoms with E-state index in [2.05, 4.69) is 15.3 Å². The lowest BCUT2D eigenvalue weighted by Gasteiger charge is -2.28. The number of halogens is 1. The Bertz CT molecular complexity index is 781. The molecule has 6 nitrogen and oxygen atoms in total. The van der Waals surface area contributed by atoms with Crippen LogP contribution in [0.1, 0.15) is 63.8 Å². The Hall–Kier alpha value is -1.66. The molecule has 1 N–H and O–H groups in total. The fourth-order valence-corrected chi connectivity index (χ4v) is 3.91. The number of pyridine rings is 1. The van der Waals surface area contributed by atoms with Crippen LogP contribution in [0.2, 0.25) is 5.15 Å². The maximum atomic E-state index is 12.4. The van der Waals surface area contributed by atoms with E-state index in [0.29, 0.717) is 36.3 Å². The quantitative estimate of drug-likeness (QED) is 0.754. The molecule has 0 saturated heterocycles. The van der Waals surface area contributed by atoms with Crippen molar-refractivity contribution in [3.63, 3.8) is 0 Å². The van der Waals surface area contributed by atoms with Crippen LogP contribution in [-0.2, 0) is 9.53 Å². The van der Waals surface area contributed by atoms with Crippen LogP contribution in [0.5, 0.6) is 0 Å². The van der Waals surface area contributed by atoms with Gasteiger partial charge in [0.25, 0.3) is 0 Å². The van der Waals surface area contributed by atoms with Crippen molar-refractivity contribution in [3.8, 4) is 0 Å². The van der Waals surface area contributed by atoms with Gasteiger partial charge in [-0.2, -0.15) is 0 Å². The summed E-state index contributed by atoms with van der Waals surface area (Å²) in [5, 5.41) is 3.40. The molecule has 0 aliphatic heterocycles. The van der Waals surface area contributed by atoms with E-state index in [1.807, 2.05) is 10.6 Å². The topological polar surface area (TPSA) is 69.0 Å². The lowest BCUT2D eigenvalue weighted by molar-refractivity contribution is -0.117. The Kier molecular flexibility index (Phi) is 5.41. The first-order valence-electron chi connectivity index (χ1n) is 9.66. The third-order valence-corrected chi connectivity index (χ3v) is 5.64. The zero-order valence-electron chi connectivity index (χ0n) is 14.9. The molecule has 0 aromatic carbocycles. The second-order valence-corrected chi connectivity index (χ2v) is 7.68. The summed E-state index contributed by atoms with van der Waals surface area (Å²) in [7, 11) is 0. The molecule has 7 heteroatoms. The Labute approximate surface area is 158 Å². The molecule has 26 heavy (non-hydrogen) atoms. The molecule has 2 aromatic heterocycles. The lowest BCUT2D eigenvalue weighted by Crippen LogP contribution is -2.24. The van der Waals surface area contributed by atoms with Gasteiger partial charge in [-0.1, -0.05) is 30.9 Å². The van der Waals surface area contributed by atoms with E-state index < -0.39 is 0 Å². The van der Waals surface area contributed by atoms with Crippen molar-refractivity contribution in [2.24, 2.45) is 0 Å². The Morgan fingerprint density at radius 3 is 2.69 bits per heavy atom. The molecule has 0 atom stereocenters. The number of nitrogens with zero attached hydrogens (tertiary/aromatic N) is 3. The molecule has 2 saturated carbocycles. The molecule has 2 aromatic rings. The third kappa shape index (κ3) is 3.86. The molecule has 2 fully saturated rings. The predicted molar refractivity (Wildman–Crippen MR) is 101 cm³/mol. The maximum Gasteiger partial charge on any atom is 0.229 e. The van der Waals surface area contributed by atoms with Crippen molar-refractivity contribution in [2.75, 3.05) is 11.9 Å². The van der Waals surface area contributed by atoms with Gasteiger partial charge < -0.3 is 4.74 Å². The molecule has 1 amide bonds. The lowest BCUT2D eigenvalue weighted by atomic mass is 9.93. The number of aromatic nitrogens is 3. The zero-order valence-corrected chi connectivity index (χ0v) is 15.7. The smallest absolute Gasteiger partial charge is 0.229 e. The van der Waals surface area contributed by atoms with Crippen molar-refractivity contribution in [1.82, 2.24) is 14.5 Å². The summed E-state index contributed by atoms with van der Waals surface area (Å²) in [5.74, 6) is 0.505. The van der Waals surface area contributed by atoms with Crippen LogP contribution in [-0.4, -0.2) is 33.2 Å². The number of carbonyl (C=O) groups is 1. The summed E-state index contributed by atoms with van der Waals surface area (Å²) in [6, 6.07) is 3.91. The molecule has 0 spiro atoms. The molecule has 140 valence electrons. The highest BCUT2D eigenvalue weighted by atomic mass is 35.5. The van der Waals surface area contributed by atoms with E-state index in [1.165, 1.54) is 25.7 Å². The van der Waals surface area contributed by atoms with Crippen LogP contribution >= 0.6 is 11.6 Å². The number of fused-ring (bicyclic) bond motifs is 1. The van der Waals surface area contributed by atoms with Crippen molar-refractivity contribution in [3.05, 3.63) is 17.3 Å². The van der Waals surface area contributed by atoms with E-state index in [9.17, 15) is 4.79 Å². The van der Waals surface area contributed by atoms with Crippen LogP contribution in [0, 0.1) is 0 Å². The van der Waals surface area contributed by atoms with Crippen LogP contribution in [0.3, 0.4) is 0 Å². The number of rotatable bonds is 6. The van der Waals surface area contributed by atoms with Gasteiger partial charge >= 0.3 is 0 Å². The van der Waals surface area contributed by atoms with Crippen LogP contribution in [0.15, 0.2) is 12.1 Å². The second kappa shape index (κ2) is 7.92. The molecule has 0 unspecified atom stereocenters. The molecule has 4 rings (SSSR count). The van der Waals surface area contributed by atoms with E-state index in [4.69, 9.17) is 16.3 Å². The van der Waals surface area contributed by atoms with Gasteiger partial charge in [-0.05, 0) is 44.2 Å². The van der Waals surface area contributed by atoms with Gasteiger partial charge in [0.1, 0.15) is 10.7 Å². The first-order valence-corrected chi connectivity index (χ1v) is 10.0. The van der Waals surface area contributed by atoms with Crippen LogP contribution < -0.4 is 5.32 Å². The van der Waals surface area contributed by atoms with Gasteiger partial charge in [-0.15, -0.1) is 0 Å². The highest BCUT2D eigenvalue weighted by molar-refractivity contribution is 6.29. The number of nitrogens with one attached hydrogen (secondary N) is 1. The molecule has 2 heterocycles. The number of hydrogen-bond acceptors (Lipinski definition) is 4. The first kappa shape index (κ1) is 17.7. The Morgan fingerprint density at radius 1 is 1.15 bits per heavy atom. The standard InChI is InChI=1S/C19H25ClN4O2/c20-16-10-9-15-18(22-16)24(13-5-4-6-13)19(21-15)23-17(25)11-12-26-14-7-2-1-3-8-14/h9-10,13-14H,1-8,11-12H2,(H,21,23,25). The SMILES string of the molecule is O=C(CCOC1CCCCC1)Nc1nc2ccc(Cl)nc2n1C1CCC1. The number of anilines is 1. The third-order valence-electron chi connectivity index (χ3n) is 5.43. The summed E-state index contributed by atoms with van der Waals surface area (Å²) in [6.45, 7) is 0.463. The summed E-state index contributed by atoms with van der Waals surface area (Å²) in [5.41, 5.74) is 1.51. The van der Waals surface area contributed by atoms with E-state index >= 15 is 0 Å². The van der Waals surface area contributed by atoms with Gasteiger partial charge in [0, 0.05) is 6.04 Å². The van der Waals surface area contributed by atoms with Crippen molar-refractivity contribution in [1.29, 1.82) is 0 Å². The minimum atomic E-state index is -0.0669. The Balaban J connectivity index is 1.41. The Morgan fingerprint density at radius 2 is 1.96 bits per heavy atom. The minimum absolute atomic E-state index is 0.0669. The van der Waals surface area contributed by atoms with Crippen molar-refractivity contribution < 1.29 is 9.53 Å². The summed E-state index contributed by atoms with van der Waals surface area (Å²) in [4.78, 5) is 21.4. The average molecular weight is 377 g/mol. The largest absolute Gasteiger partial charge is 0.378 e. The van der Waals surface area contributed by atoms with Gasteiger partial charge in [-0.3, -0.25) is 14.7 Å². The number of ether oxygens (including phenoxy) is 1. The molecular weight excluding hydrogens is 352 g/mol. The number of hydrogen-bond donors (Lipinski definition) is 1. The minimum Gasteiger partial charge on any atom is -0.378 e. The number of imidazole rings is 1. The molecule has 2 aliphatic carbocycles. The van der Waals surface area contributed by atoms with Gasteiger partial charge in [0.15, 0.2) is 5.65 Å². The van der Waals surface area contributed by atoms with Crippen molar-refractivity contribution >= 4 is 34.6 Å². The molecule has 2 aliphatic rings. The summed E-state index contributed by atoms with van der Waals surface area (Å²) >= 11 is 6.06. The first-order chi connectivity index (χ1) is 12.7. The normalized spacial score (nSPS) is 18.8. The summed E-state index contributed by atoms with van der Waals surface area (Å²) < 4.78 is 7.89. The monoisotopic (exact) mass is 376 g/mol. The second-order valence-electron chi connectivity index (χ2n) is 7.30. The predicted octanol–water partition coefficient (Wildman–Crippen LogP) is 4.49. The molecule has 0 bridgehead atoms. The zero-order chi connectivity index (χ0) is 17.9. The average Bonchev–Trinajstić information content (AvgIpc) is 2.92. The van der Waals surface area contributed by atoms with Gasteiger partial charge in [-0.25, -0.2) is 9.97 Å². The van der Waals surface area contributed by atoms with Gasteiger partial charge in [0.2, 0.25) is 11.9 Å². The van der Waals surface area contributed by atoms with Crippen LogP contribution in [0.25, 0.3) is 11.2 Å². The molecule has 0 radical (unpaired) electrons. The highest BCUT2D eigenvalue weighted by Crippen LogP contribution is 2.36. The summed E-state index contributed by atoms with van der Waals surface area (Å²) in [6.07, 6.45) is 10.0. The van der Waals surface area contributed by atoms with E-state index in [-0.39, 0.29) is 5.91 Å². The van der Waals surface area contributed by atoms with Crippen LogP contribution in [0.4, 0.5) is 5.95 Å². The number of carbonyl (C=O) groups excluding carboxylic acids is 1.